The lowest BCUT2D eigenvalue weighted by Crippen LogP contribution is -2.32. The van der Waals surface area contributed by atoms with Crippen LogP contribution in [0.3, 0.4) is 0 Å². The third kappa shape index (κ3) is 3.78. The Morgan fingerprint density at radius 2 is 1.89 bits per heavy atom. The summed E-state index contributed by atoms with van der Waals surface area (Å²) < 4.78 is 1.91. The quantitative estimate of drug-likeness (QED) is 0.713. The maximum atomic E-state index is 4.84. The van der Waals surface area contributed by atoms with Crippen LogP contribution in [0.4, 0.5) is 0 Å². The Labute approximate surface area is 161 Å². The summed E-state index contributed by atoms with van der Waals surface area (Å²) in [4.78, 5) is 11.9. The number of benzene rings is 1. The maximum absolute atomic E-state index is 4.84. The van der Waals surface area contributed by atoms with E-state index >= 15 is 0 Å². The zero-order valence-corrected chi connectivity index (χ0v) is 16.6. The van der Waals surface area contributed by atoms with E-state index in [4.69, 9.17) is 10.1 Å². The van der Waals surface area contributed by atoms with E-state index in [2.05, 4.69) is 61.1 Å². The zero-order chi connectivity index (χ0) is 19.0. The normalized spacial score (nSPS) is 15.0. The number of nitrogens with zero attached hydrogens (tertiary/aromatic N) is 5. The van der Waals surface area contributed by atoms with E-state index in [0.29, 0.717) is 0 Å². The van der Waals surface area contributed by atoms with Crippen LogP contribution in [0.1, 0.15) is 43.4 Å². The molecule has 0 aliphatic carbocycles. The summed E-state index contributed by atoms with van der Waals surface area (Å²) in [6, 6.07) is 10.4. The van der Waals surface area contributed by atoms with Gasteiger partial charge in [0.15, 0.2) is 0 Å². The first-order valence-electron chi connectivity index (χ1n) is 9.56. The molecule has 3 heterocycles. The first-order chi connectivity index (χ1) is 12.9. The highest BCUT2D eigenvalue weighted by molar-refractivity contribution is 5.62. The van der Waals surface area contributed by atoms with E-state index < -0.39 is 0 Å². The molecule has 0 unspecified atom stereocenters. The average molecular weight is 361 g/mol. The van der Waals surface area contributed by atoms with Crippen LogP contribution in [0.2, 0.25) is 0 Å². The molecule has 0 atom stereocenters. The fourth-order valence-corrected chi connectivity index (χ4v) is 3.60. The van der Waals surface area contributed by atoms with Crippen LogP contribution in [0.25, 0.3) is 11.3 Å². The number of fused-ring (bicyclic) bond motifs is 1. The van der Waals surface area contributed by atoms with Gasteiger partial charge in [0, 0.05) is 73.3 Å². The summed E-state index contributed by atoms with van der Waals surface area (Å²) in [5.74, 6) is 0.938. The molecule has 0 fully saturated rings. The highest BCUT2D eigenvalue weighted by Gasteiger charge is 2.23. The molecular weight excluding hydrogens is 334 g/mol. The van der Waals surface area contributed by atoms with E-state index in [-0.39, 0.29) is 5.41 Å². The molecule has 4 rings (SSSR count). The molecule has 0 radical (unpaired) electrons. The van der Waals surface area contributed by atoms with Gasteiger partial charge in [0.1, 0.15) is 5.82 Å². The molecule has 0 saturated carbocycles. The van der Waals surface area contributed by atoms with Crippen molar-refractivity contribution in [3.63, 3.8) is 0 Å². The Kier molecular flexibility index (Phi) is 4.56. The third-order valence-corrected chi connectivity index (χ3v) is 5.03. The SMILES string of the molecule is Cn1cc(CN2CCc3nc(C(C)(C)C)ncc3C2)c(-c2ccccc2)n1. The Balaban J connectivity index is 1.55. The minimum absolute atomic E-state index is 0.00748. The minimum Gasteiger partial charge on any atom is -0.294 e. The summed E-state index contributed by atoms with van der Waals surface area (Å²) in [6.45, 7) is 9.28. The molecule has 0 N–H and O–H groups in total. The predicted octanol–water partition coefficient (Wildman–Crippen LogP) is 3.73. The summed E-state index contributed by atoms with van der Waals surface area (Å²) in [5, 5.41) is 4.69. The van der Waals surface area contributed by atoms with Crippen molar-refractivity contribution in [1.29, 1.82) is 0 Å². The van der Waals surface area contributed by atoms with Crippen LogP contribution in [0.15, 0.2) is 42.7 Å². The van der Waals surface area contributed by atoms with Gasteiger partial charge in [-0.25, -0.2) is 9.97 Å². The molecular formula is C22H27N5. The van der Waals surface area contributed by atoms with E-state index in [1.54, 1.807) is 0 Å². The molecule has 140 valence electrons. The van der Waals surface area contributed by atoms with Gasteiger partial charge in [-0.2, -0.15) is 5.10 Å². The Morgan fingerprint density at radius 1 is 1.11 bits per heavy atom. The van der Waals surface area contributed by atoms with Gasteiger partial charge in [0.05, 0.1) is 5.69 Å². The molecule has 27 heavy (non-hydrogen) atoms. The summed E-state index contributed by atoms with van der Waals surface area (Å²) in [6.07, 6.45) is 5.13. The van der Waals surface area contributed by atoms with Crippen molar-refractivity contribution in [2.45, 2.75) is 45.7 Å². The number of hydrogen-bond donors (Lipinski definition) is 0. The monoisotopic (exact) mass is 361 g/mol. The lowest BCUT2D eigenvalue weighted by molar-refractivity contribution is 0.242. The van der Waals surface area contributed by atoms with Crippen LogP contribution in [0.5, 0.6) is 0 Å². The van der Waals surface area contributed by atoms with Crippen LogP contribution < -0.4 is 0 Å². The van der Waals surface area contributed by atoms with Gasteiger partial charge in [0.25, 0.3) is 0 Å². The van der Waals surface area contributed by atoms with E-state index in [1.165, 1.54) is 22.4 Å². The van der Waals surface area contributed by atoms with Gasteiger partial charge in [-0.15, -0.1) is 0 Å². The maximum Gasteiger partial charge on any atom is 0.133 e. The summed E-state index contributed by atoms with van der Waals surface area (Å²) in [7, 11) is 1.99. The molecule has 1 aliphatic rings. The van der Waals surface area contributed by atoms with Crippen molar-refractivity contribution in [2.24, 2.45) is 7.05 Å². The molecule has 1 aliphatic heterocycles. The fraction of sp³-hybridized carbons (Fsp3) is 0.409. The minimum atomic E-state index is -0.00748. The van der Waals surface area contributed by atoms with Gasteiger partial charge < -0.3 is 0 Å². The van der Waals surface area contributed by atoms with Crippen LogP contribution in [-0.2, 0) is 32.0 Å². The van der Waals surface area contributed by atoms with Crippen molar-refractivity contribution in [3.8, 4) is 11.3 Å². The van der Waals surface area contributed by atoms with Gasteiger partial charge in [0.2, 0.25) is 0 Å². The lowest BCUT2D eigenvalue weighted by Gasteiger charge is -2.29. The van der Waals surface area contributed by atoms with Crippen LogP contribution >= 0.6 is 0 Å². The molecule has 2 aromatic heterocycles. The highest BCUT2D eigenvalue weighted by atomic mass is 15.3. The van der Waals surface area contributed by atoms with E-state index in [9.17, 15) is 0 Å². The third-order valence-electron chi connectivity index (χ3n) is 5.03. The van der Waals surface area contributed by atoms with Gasteiger partial charge in [-0.3, -0.25) is 9.58 Å². The van der Waals surface area contributed by atoms with Crippen molar-refractivity contribution < 1.29 is 0 Å². The second kappa shape index (κ2) is 6.89. The smallest absolute Gasteiger partial charge is 0.133 e. The summed E-state index contributed by atoms with van der Waals surface area (Å²) >= 11 is 0. The first kappa shape index (κ1) is 17.9. The zero-order valence-electron chi connectivity index (χ0n) is 16.6. The van der Waals surface area contributed by atoms with E-state index in [0.717, 1.165) is 37.6 Å². The molecule has 1 aromatic carbocycles. The van der Waals surface area contributed by atoms with E-state index in [1.807, 2.05) is 24.0 Å². The molecule has 5 heteroatoms. The Morgan fingerprint density at radius 3 is 2.63 bits per heavy atom. The van der Waals surface area contributed by atoms with Crippen molar-refractivity contribution in [3.05, 3.63) is 65.4 Å². The van der Waals surface area contributed by atoms with Crippen molar-refractivity contribution in [1.82, 2.24) is 24.6 Å². The molecule has 5 nitrogen and oxygen atoms in total. The lowest BCUT2D eigenvalue weighted by atomic mass is 9.95. The highest BCUT2D eigenvalue weighted by Crippen LogP contribution is 2.26. The molecule has 0 bridgehead atoms. The van der Waals surface area contributed by atoms with Crippen LogP contribution in [0, 0.1) is 0 Å². The molecule has 0 spiro atoms. The summed E-state index contributed by atoms with van der Waals surface area (Å²) in [5.41, 5.74) is 5.96. The molecule has 0 amide bonds. The molecule has 0 saturated heterocycles. The Bertz CT molecular complexity index is 937. The van der Waals surface area contributed by atoms with Crippen molar-refractivity contribution >= 4 is 0 Å². The van der Waals surface area contributed by atoms with Gasteiger partial charge in [-0.1, -0.05) is 51.1 Å². The number of hydrogen-bond acceptors (Lipinski definition) is 4. The second-order valence-corrected chi connectivity index (χ2v) is 8.42. The van der Waals surface area contributed by atoms with Crippen LogP contribution in [-0.4, -0.2) is 31.2 Å². The number of aryl methyl sites for hydroxylation is 1. The number of rotatable bonds is 3. The standard InChI is InChI=1S/C22H27N5/c1-22(2,3)21-23-12-17-14-27(11-10-19(17)24-21)15-18-13-26(4)25-20(18)16-8-6-5-7-9-16/h5-9,12-13H,10-11,14-15H2,1-4H3. The first-order valence-corrected chi connectivity index (χ1v) is 9.56. The second-order valence-electron chi connectivity index (χ2n) is 8.42. The number of aromatic nitrogens is 4. The van der Waals surface area contributed by atoms with Gasteiger partial charge >= 0.3 is 0 Å². The topological polar surface area (TPSA) is 46.8 Å². The van der Waals surface area contributed by atoms with Gasteiger partial charge in [-0.05, 0) is 0 Å². The Hall–Kier alpha value is -2.53. The van der Waals surface area contributed by atoms with Crippen molar-refractivity contribution in [2.75, 3.05) is 6.54 Å². The largest absolute Gasteiger partial charge is 0.294 e. The molecule has 3 aromatic rings. The average Bonchev–Trinajstić information content (AvgIpc) is 3.01. The predicted molar refractivity (Wildman–Crippen MR) is 107 cm³/mol. The fourth-order valence-electron chi connectivity index (χ4n) is 3.60.